The van der Waals surface area contributed by atoms with Crippen LogP contribution < -0.4 is 5.32 Å². The second-order valence-corrected chi connectivity index (χ2v) is 4.61. The fourth-order valence-electron chi connectivity index (χ4n) is 2.84. The summed E-state index contributed by atoms with van der Waals surface area (Å²) in [6.45, 7) is 6.82. The van der Waals surface area contributed by atoms with Crippen molar-refractivity contribution in [2.45, 2.75) is 26.2 Å². The lowest BCUT2D eigenvalue weighted by atomic mass is 9.76. The third-order valence-corrected chi connectivity index (χ3v) is 3.65. The zero-order chi connectivity index (χ0) is 9.10. The number of nitrogens with one attached hydrogen (secondary N) is 1. The first-order valence-electron chi connectivity index (χ1n) is 5.66. The molecule has 2 rings (SSSR count). The van der Waals surface area contributed by atoms with Gasteiger partial charge in [0.05, 0.1) is 0 Å². The van der Waals surface area contributed by atoms with E-state index in [1.165, 1.54) is 32.4 Å². The molecule has 0 aromatic rings. The lowest BCUT2D eigenvalue weighted by Gasteiger charge is -2.37. The molecule has 2 aliphatic heterocycles. The normalized spacial score (nSPS) is 41.8. The minimum Gasteiger partial charge on any atom is -0.381 e. The van der Waals surface area contributed by atoms with Gasteiger partial charge in [0.25, 0.3) is 0 Å². The van der Waals surface area contributed by atoms with Crippen molar-refractivity contribution in [2.24, 2.45) is 17.8 Å². The van der Waals surface area contributed by atoms with E-state index < -0.39 is 0 Å². The number of ether oxygens (including phenoxy) is 1. The topological polar surface area (TPSA) is 21.3 Å². The summed E-state index contributed by atoms with van der Waals surface area (Å²) < 4.78 is 5.56. The highest BCUT2D eigenvalue weighted by Crippen LogP contribution is 2.31. The van der Waals surface area contributed by atoms with Crippen LogP contribution in [0.4, 0.5) is 0 Å². The Bertz CT molecular complexity index is 154. The van der Waals surface area contributed by atoms with Gasteiger partial charge in [-0.2, -0.15) is 0 Å². The first kappa shape index (κ1) is 9.47. The average molecular weight is 183 g/mol. The van der Waals surface area contributed by atoms with Crippen molar-refractivity contribution in [2.75, 3.05) is 26.3 Å². The van der Waals surface area contributed by atoms with Gasteiger partial charge in [-0.05, 0) is 50.1 Å². The Labute approximate surface area is 81.0 Å². The molecule has 2 aliphatic rings. The van der Waals surface area contributed by atoms with Gasteiger partial charge in [0.15, 0.2) is 0 Å². The summed E-state index contributed by atoms with van der Waals surface area (Å²) in [5.41, 5.74) is 0. The van der Waals surface area contributed by atoms with E-state index in [0.717, 1.165) is 31.0 Å². The highest BCUT2D eigenvalue weighted by Gasteiger charge is 2.30. The highest BCUT2D eigenvalue weighted by atomic mass is 16.5. The number of rotatable bonds is 1. The fraction of sp³-hybridized carbons (Fsp3) is 1.00. The molecule has 0 saturated carbocycles. The van der Waals surface area contributed by atoms with Crippen LogP contribution in [0.3, 0.4) is 0 Å². The van der Waals surface area contributed by atoms with Gasteiger partial charge < -0.3 is 10.1 Å². The Morgan fingerprint density at radius 3 is 2.92 bits per heavy atom. The van der Waals surface area contributed by atoms with E-state index in [2.05, 4.69) is 12.2 Å². The molecule has 0 aromatic carbocycles. The van der Waals surface area contributed by atoms with Gasteiger partial charge in [-0.25, -0.2) is 0 Å². The molecule has 13 heavy (non-hydrogen) atoms. The number of piperidine rings is 1. The Morgan fingerprint density at radius 2 is 2.23 bits per heavy atom. The monoisotopic (exact) mass is 183 g/mol. The molecular formula is C11H21NO. The molecule has 2 heteroatoms. The molecule has 0 bridgehead atoms. The fourth-order valence-corrected chi connectivity index (χ4v) is 2.84. The Kier molecular flexibility index (Phi) is 3.23. The van der Waals surface area contributed by atoms with Crippen molar-refractivity contribution in [3.05, 3.63) is 0 Å². The molecular weight excluding hydrogens is 162 g/mol. The molecule has 0 radical (unpaired) electrons. The summed E-state index contributed by atoms with van der Waals surface area (Å²) in [6, 6.07) is 0. The lowest BCUT2D eigenvalue weighted by molar-refractivity contribution is 0.0112. The molecule has 76 valence electrons. The summed E-state index contributed by atoms with van der Waals surface area (Å²) in [4.78, 5) is 0. The van der Waals surface area contributed by atoms with Crippen LogP contribution in [0.1, 0.15) is 26.2 Å². The van der Waals surface area contributed by atoms with Gasteiger partial charge in [0.1, 0.15) is 0 Å². The summed E-state index contributed by atoms with van der Waals surface area (Å²) in [5.74, 6) is 2.62. The van der Waals surface area contributed by atoms with Crippen molar-refractivity contribution in [1.29, 1.82) is 0 Å². The van der Waals surface area contributed by atoms with Gasteiger partial charge in [-0.1, -0.05) is 6.92 Å². The molecule has 0 spiro atoms. The van der Waals surface area contributed by atoms with E-state index in [0.29, 0.717) is 0 Å². The molecule has 3 atom stereocenters. The predicted octanol–water partition coefficient (Wildman–Crippen LogP) is 1.66. The van der Waals surface area contributed by atoms with Crippen LogP contribution in [-0.4, -0.2) is 26.3 Å². The molecule has 0 amide bonds. The Balaban J connectivity index is 1.88. The second kappa shape index (κ2) is 4.43. The van der Waals surface area contributed by atoms with Crippen molar-refractivity contribution in [1.82, 2.24) is 5.32 Å². The highest BCUT2D eigenvalue weighted by molar-refractivity contribution is 4.81. The van der Waals surface area contributed by atoms with E-state index in [1.807, 2.05) is 0 Å². The zero-order valence-corrected chi connectivity index (χ0v) is 8.59. The summed E-state index contributed by atoms with van der Waals surface area (Å²) >= 11 is 0. The van der Waals surface area contributed by atoms with Crippen molar-refractivity contribution in [3.8, 4) is 0 Å². The summed E-state index contributed by atoms with van der Waals surface area (Å²) in [7, 11) is 0. The average Bonchev–Trinajstić information content (AvgIpc) is 2.20. The Hall–Kier alpha value is -0.0800. The maximum atomic E-state index is 5.56. The van der Waals surface area contributed by atoms with E-state index in [1.54, 1.807) is 0 Å². The van der Waals surface area contributed by atoms with Crippen LogP contribution >= 0.6 is 0 Å². The van der Waals surface area contributed by atoms with Crippen LogP contribution in [0, 0.1) is 17.8 Å². The SMILES string of the molecule is CC1CNCCC1C1CCCOC1. The third-order valence-electron chi connectivity index (χ3n) is 3.65. The van der Waals surface area contributed by atoms with Gasteiger partial charge in [0.2, 0.25) is 0 Å². The van der Waals surface area contributed by atoms with Gasteiger partial charge in [0, 0.05) is 13.2 Å². The van der Waals surface area contributed by atoms with E-state index >= 15 is 0 Å². The van der Waals surface area contributed by atoms with Crippen LogP contribution in [0.25, 0.3) is 0 Å². The second-order valence-electron chi connectivity index (χ2n) is 4.61. The van der Waals surface area contributed by atoms with Crippen LogP contribution in [0.15, 0.2) is 0 Å². The minimum atomic E-state index is 0.848. The quantitative estimate of drug-likeness (QED) is 0.667. The first-order valence-corrected chi connectivity index (χ1v) is 5.66. The Morgan fingerprint density at radius 1 is 1.31 bits per heavy atom. The van der Waals surface area contributed by atoms with Gasteiger partial charge in [-0.15, -0.1) is 0 Å². The molecule has 2 saturated heterocycles. The predicted molar refractivity (Wildman–Crippen MR) is 53.7 cm³/mol. The van der Waals surface area contributed by atoms with E-state index in [-0.39, 0.29) is 0 Å². The molecule has 3 unspecified atom stereocenters. The van der Waals surface area contributed by atoms with Crippen molar-refractivity contribution in [3.63, 3.8) is 0 Å². The molecule has 0 aromatic heterocycles. The largest absolute Gasteiger partial charge is 0.381 e. The van der Waals surface area contributed by atoms with Crippen LogP contribution in [0.5, 0.6) is 0 Å². The minimum absolute atomic E-state index is 0.848. The molecule has 2 nitrogen and oxygen atoms in total. The van der Waals surface area contributed by atoms with Gasteiger partial charge >= 0.3 is 0 Å². The van der Waals surface area contributed by atoms with Crippen molar-refractivity contribution < 1.29 is 4.74 Å². The molecule has 1 N–H and O–H groups in total. The number of hydrogen-bond acceptors (Lipinski definition) is 2. The maximum Gasteiger partial charge on any atom is 0.0497 e. The third kappa shape index (κ3) is 2.23. The molecule has 2 fully saturated rings. The first-order chi connectivity index (χ1) is 6.38. The van der Waals surface area contributed by atoms with Gasteiger partial charge in [-0.3, -0.25) is 0 Å². The summed E-state index contributed by atoms with van der Waals surface area (Å²) in [6.07, 6.45) is 4.03. The zero-order valence-electron chi connectivity index (χ0n) is 8.59. The van der Waals surface area contributed by atoms with E-state index in [9.17, 15) is 0 Å². The number of hydrogen-bond donors (Lipinski definition) is 1. The molecule has 2 heterocycles. The summed E-state index contributed by atoms with van der Waals surface area (Å²) in [5, 5.41) is 3.46. The maximum absolute atomic E-state index is 5.56. The lowest BCUT2D eigenvalue weighted by Crippen LogP contribution is -2.40. The van der Waals surface area contributed by atoms with E-state index in [4.69, 9.17) is 4.74 Å². The molecule has 0 aliphatic carbocycles. The van der Waals surface area contributed by atoms with Crippen molar-refractivity contribution >= 4 is 0 Å². The smallest absolute Gasteiger partial charge is 0.0497 e. The van der Waals surface area contributed by atoms with Crippen LogP contribution in [0.2, 0.25) is 0 Å². The standard InChI is InChI=1S/C11H21NO/c1-9-7-12-5-4-11(9)10-3-2-6-13-8-10/h9-12H,2-8H2,1H3. The van der Waals surface area contributed by atoms with Crippen LogP contribution in [-0.2, 0) is 4.74 Å².